The molecule has 0 radical (unpaired) electrons. The molecule has 0 unspecified atom stereocenters. The Hall–Kier alpha value is -2.45. The van der Waals surface area contributed by atoms with Gasteiger partial charge in [0.1, 0.15) is 5.69 Å². The van der Waals surface area contributed by atoms with Gasteiger partial charge in [0.25, 0.3) is 0 Å². The van der Waals surface area contributed by atoms with E-state index in [9.17, 15) is 0 Å². The van der Waals surface area contributed by atoms with Gasteiger partial charge in [0.15, 0.2) is 0 Å². The minimum absolute atomic E-state index is 0.716. The van der Waals surface area contributed by atoms with Crippen molar-refractivity contribution in [3.63, 3.8) is 0 Å². The minimum Gasteiger partial charge on any atom is -0.368 e. The Balaban J connectivity index is 1.83. The molecule has 0 saturated heterocycles. The van der Waals surface area contributed by atoms with Crippen molar-refractivity contribution in [3.05, 3.63) is 30.6 Å². The van der Waals surface area contributed by atoms with Gasteiger partial charge in [-0.25, -0.2) is 9.13 Å². The van der Waals surface area contributed by atoms with E-state index in [1.807, 2.05) is 0 Å². The van der Waals surface area contributed by atoms with Crippen LogP contribution < -0.4 is 25.8 Å². The minimum atomic E-state index is 0.716. The van der Waals surface area contributed by atoms with Crippen LogP contribution in [0.25, 0.3) is 0 Å². The molecule has 0 fully saturated rings. The Morgan fingerprint density at radius 2 is 1.41 bits per heavy atom. The molecule has 8 nitrogen and oxygen atoms in total. The lowest BCUT2D eigenvalue weighted by atomic mass is 10.1. The van der Waals surface area contributed by atoms with Crippen molar-refractivity contribution in [1.82, 2.24) is 4.57 Å². The molecule has 3 rings (SSSR count). The molecule has 1 aliphatic heterocycles. The molecule has 0 aliphatic carbocycles. The first-order valence-electron chi connectivity index (χ1n) is 14.8. The summed E-state index contributed by atoms with van der Waals surface area (Å²) in [6.45, 7) is 12.2. The van der Waals surface area contributed by atoms with Gasteiger partial charge in [0.05, 0.1) is 36.9 Å². The van der Waals surface area contributed by atoms with E-state index >= 15 is 0 Å². The van der Waals surface area contributed by atoms with Crippen molar-refractivity contribution in [1.29, 1.82) is 0 Å². The molecule has 2 heterocycles. The van der Waals surface area contributed by atoms with Crippen molar-refractivity contribution in [2.45, 2.75) is 91.1 Å². The molecule has 1 aromatic carbocycles. The number of benzene rings is 1. The molecule has 206 valence electrons. The Labute approximate surface area is 224 Å². The van der Waals surface area contributed by atoms with Crippen LogP contribution in [0.3, 0.4) is 0 Å². The second-order valence-electron chi connectivity index (χ2n) is 10.2. The number of nitrogens with two attached hydrogens (primary N) is 2. The first-order valence-corrected chi connectivity index (χ1v) is 14.8. The van der Waals surface area contributed by atoms with E-state index in [4.69, 9.17) is 21.7 Å². The third-order valence-corrected chi connectivity index (χ3v) is 7.24. The predicted molar refractivity (Wildman–Crippen MR) is 155 cm³/mol. The summed E-state index contributed by atoms with van der Waals surface area (Å²) in [5.74, 6) is 0.896. The van der Waals surface area contributed by atoms with Crippen LogP contribution in [-0.2, 0) is 13.1 Å². The third kappa shape index (κ3) is 8.82. The summed E-state index contributed by atoms with van der Waals surface area (Å²) in [5, 5.41) is 9.53. The predicted octanol–water partition coefficient (Wildman–Crippen LogP) is 5.68. The van der Waals surface area contributed by atoms with Gasteiger partial charge in [-0.1, -0.05) is 44.6 Å². The lowest BCUT2D eigenvalue weighted by Crippen LogP contribution is -2.42. The van der Waals surface area contributed by atoms with E-state index in [0.717, 1.165) is 76.6 Å². The molecule has 0 saturated carbocycles. The lowest BCUT2D eigenvalue weighted by Gasteiger charge is -2.39. The van der Waals surface area contributed by atoms with Crippen molar-refractivity contribution in [3.8, 4) is 0 Å². The van der Waals surface area contributed by atoms with Crippen molar-refractivity contribution in [2.75, 3.05) is 49.1 Å². The maximum absolute atomic E-state index is 5.72. The van der Waals surface area contributed by atoms with Crippen LogP contribution in [0.5, 0.6) is 0 Å². The fourth-order valence-electron chi connectivity index (χ4n) is 5.03. The zero-order chi connectivity index (χ0) is 26.3. The fraction of sp³-hybridized carbons (Fsp3) is 0.690. The molecule has 0 bridgehead atoms. The average Bonchev–Trinajstić information content (AvgIpc) is 3.30. The van der Waals surface area contributed by atoms with E-state index in [0.29, 0.717) is 13.1 Å². The molecular weight excluding hydrogens is 460 g/mol. The highest BCUT2D eigenvalue weighted by atomic mass is 15.3. The summed E-state index contributed by atoms with van der Waals surface area (Å²) in [6, 6.07) is 6.64. The zero-order valence-corrected chi connectivity index (χ0v) is 23.5. The summed E-state index contributed by atoms with van der Waals surface area (Å²) >= 11 is 0. The Bertz CT molecular complexity index is 910. The first kappa shape index (κ1) is 29.1. The molecule has 0 amide bonds. The molecule has 1 aromatic heterocycles. The Morgan fingerprint density at radius 1 is 0.757 bits per heavy atom. The molecule has 1 aliphatic rings. The number of aromatic nitrogens is 2. The highest BCUT2D eigenvalue weighted by Crippen LogP contribution is 2.37. The van der Waals surface area contributed by atoms with Gasteiger partial charge in [-0.3, -0.25) is 0 Å². The monoisotopic (exact) mass is 511 g/mol. The first-order chi connectivity index (χ1) is 18.2. The molecule has 0 spiro atoms. The zero-order valence-electron chi connectivity index (χ0n) is 23.5. The molecular formula is C29H51N8+. The van der Waals surface area contributed by atoms with Crippen LogP contribution in [0.4, 0.5) is 23.0 Å². The van der Waals surface area contributed by atoms with E-state index in [-0.39, 0.29) is 0 Å². The number of imidazole rings is 1. The SMILES string of the molecule is CCCCCN1CCN(CCCCC)c2cc(N=Nc3n(CCCCN)cc[n+]3CCCCN)ccc21. The van der Waals surface area contributed by atoms with E-state index in [1.54, 1.807) is 0 Å². The van der Waals surface area contributed by atoms with Gasteiger partial charge in [0.2, 0.25) is 0 Å². The van der Waals surface area contributed by atoms with Gasteiger partial charge in [0, 0.05) is 31.3 Å². The van der Waals surface area contributed by atoms with E-state index < -0.39 is 0 Å². The molecule has 2 aromatic rings. The number of anilines is 2. The largest absolute Gasteiger partial charge is 0.421 e. The number of aryl methyl sites for hydroxylation is 2. The van der Waals surface area contributed by atoms with Crippen molar-refractivity contribution in [2.24, 2.45) is 21.7 Å². The highest BCUT2D eigenvalue weighted by Gasteiger charge is 2.23. The molecule has 37 heavy (non-hydrogen) atoms. The summed E-state index contributed by atoms with van der Waals surface area (Å²) in [4.78, 5) is 5.12. The Morgan fingerprint density at radius 3 is 2.08 bits per heavy atom. The van der Waals surface area contributed by atoms with Gasteiger partial charge >= 0.3 is 5.95 Å². The number of unbranched alkanes of at least 4 members (excludes halogenated alkanes) is 6. The van der Waals surface area contributed by atoms with Crippen LogP contribution in [0, 0.1) is 0 Å². The van der Waals surface area contributed by atoms with E-state index in [1.165, 1.54) is 49.9 Å². The molecule has 8 heteroatoms. The lowest BCUT2D eigenvalue weighted by molar-refractivity contribution is -0.684. The highest BCUT2D eigenvalue weighted by molar-refractivity contribution is 5.76. The number of nitrogens with zero attached hydrogens (tertiary/aromatic N) is 6. The van der Waals surface area contributed by atoms with Crippen molar-refractivity contribution < 1.29 is 4.57 Å². The Kier molecular flexibility index (Phi) is 12.9. The third-order valence-electron chi connectivity index (χ3n) is 7.24. The smallest absolute Gasteiger partial charge is 0.368 e. The van der Waals surface area contributed by atoms with Crippen LogP contribution in [-0.4, -0.2) is 43.8 Å². The van der Waals surface area contributed by atoms with Crippen LogP contribution in [0.15, 0.2) is 40.8 Å². The van der Waals surface area contributed by atoms with Crippen LogP contribution in [0.2, 0.25) is 0 Å². The van der Waals surface area contributed by atoms with Gasteiger partial charge in [-0.15, -0.1) is 0 Å². The average molecular weight is 512 g/mol. The second kappa shape index (κ2) is 16.4. The summed E-state index contributed by atoms with van der Waals surface area (Å²) < 4.78 is 4.40. The van der Waals surface area contributed by atoms with E-state index in [2.05, 4.69) is 63.4 Å². The topological polar surface area (TPSA) is 92.0 Å². The summed E-state index contributed by atoms with van der Waals surface area (Å²) in [6.07, 6.45) is 15.9. The van der Waals surface area contributed by atoms with Gasteiger partial charge in [-0.2, -0.15) is 0 Å². The molecule has 0 atom stereocenters. The van der Waals surface area contributed by atoms with Gasteiger partial charge < -0.3 is 21.3 Å². The normalized spacial score (nSPS) is 13.6. The maximum Gasteiger partial charge on any atom is 0.421 e. The quantitative estimate of drug-likeness (QED) is 0.153. The number of fused-ring (bicyclic) bond motifs is 1. The summed E-state index contributed by atoms with van der Waals surface area (Å²) in [7, 11) is 0. The van der Waals surface area contributed by atoms with Crippen LogP contribution >= 0.6 is 0 Å². The standard InChI is InChI=1S/C29H51N8/c1-3-5-9-17-34-21-22-35(18-10-6-4-2)28-25-26(13-14-27(28)34)32-33-29-36(19-11-7-15-30)23-24-37(29)20-12-8-16-31/h13-14,23-25H,3-12,15-22,30-31H2,1-2H3/q+1. The number of rotatable bonds is 18. The maximum atomic E-state index is 5.72. The molecule has 4 N–H and O–H groups in total. The van der Waals surface area contributed by atoms with Crippen molar-refractivity contribution >= 4 is 23.0 Å². The summed E-state index contributed by atoms with van der Waals surface area (Å²) in [5.41, 5.74) is 15.0. The number of hydrogen-bond acceptors (Lipinski definition) is 6. The van der Waals surface area contributed by atoms with Gasteiger partial charge in [-0.05, 0) is 69.8 Å². The number of hydrogen-bond donors (Lipinski definition) is 2. The number of azo groups is 1. The second-order valence-corrected chi connectivity index (χ2v) is 10.2. The fourth-order valence-corrected chi connectivity index (χ4v) is 5.03. The van der Waals surface area contributed by atoms with Crippen LogP contribution in [0.1, 0.15) is 78.1 Å².